The lowest BCUT2D eigenvalue weighted by molar-refractivity contribution is 0.475. The monoisotopic (exact) mass is 268 g/mol. The average Bonchev–Trinajstić information content (AvgIpc) is 2.88. The molecule has 0 spiro atoms. The minimum absolute atomic E-state index is 0.0460. The Hall–Kier alpha value is -2.20. The molecule has 0 fully saturated rings. The molecule has 0 saturated heterocycles. The molecule has 0 atom stereocenters. The third-order valence-electron chi connectivity index (χ3n) is 2.97. The predicted molar refractivity (Wildman–Crippen MR) is 75.5 cm³/mol. The second-order valence-corrected chi connectivity index (χ2v) is 4.58. The number of aromatic amines is 1. The molecule has 0 unspecified atom stereocenters. The first kappa shape index (κ1) is 11.9. The van der Waals surface area contributed by atoms with Crippen LogP contribution in [0.4, 0.5) is 0 Å². The third-order valence-corrected chi connectivity index (χ3v) is 3.14. The molecule has 0 aliphatic heterocycles. The van der Waals surface area contributed by atoms with Crippen molar-refractivity contribution in [3.05, 3.63) is 82.5 Å². The van der Waals surface area contributed by atoms with Crippen molar-refractivity contribution in [2.24, 2.45) is 0 Å². The Labute approximate surface area is 115 Å². The molecule has 1 N–H and O–H groups in total. The van der Waals surface area contributed by atoms with Gasteiger partial charge >= 0.3 is 0 Å². The summed E-state index contributed by atoms with van der Waals surface area (Å²) in [6.45, 7) is 0. The first-order valence-corrected chi connectivity index (χ1v) is 6.41. The van der Waals surface area contributed by atoms with Gasteiger partial charge in [0.1, 0.15) is 0 Å². The third kappa shape index (κ3) is 2.48. The van der Waals surface area contributed by atoms with Crippen molar-refractivity contribution in [3.8, 4) is 0 Å². The number of hydrogen-bond acceptors (Lipinski definition) is 3. The highest BCUT2D eigenvalue weighted by molar-refractivity contribution is 7.71. The van der Waals surface area contributed by atoms with Crippen LogP contribution in [0.3, 0.4) is 0 Å². The van der Waals surface area contributed by atoms with Gasteiger partial charge in [-0.25, -0.2) is 5.10 Å². The van der Waals surface area contributed by atoms with E-state index in [1.54, 1.807) is 0 Å². The van der Waals surface area contributed by atoms with Crippen LogP contribution in [0.1, 0.15) is 22.9 Å². The molecule has 0 amide bonds. The Morgan fingerprint density at radius 2 is 1.42 bits per heavy atom. The molecule has 1 aromatic heterocycles. The summed E-state index contributed by atoms with van der Waals surface area (Å²) in [6.07, 6.45) is 0. The fourth-order valence-electron chi connectivity index (χ4n) is 2.13. The van der Waals surface area contributed by atoms with Crippen LogP contribution >= 0.6 is 12.2 Å². The van der Waals surface area contributed by atoms with Gasteiger partial charge in [0.15, 0.2) is 0 Å². The molecule has 0 bridgehead atoms. The van der Waals surface area contributed by atoms with E-state index < -0.39 is 0 Å². The van der Waals surface area contributed by atoms with Gasteiger partial charge in [0, 0.05) is 0 Å². The summed E-state index contributed by atoms with van der Waals surface area (Å²) in [5.41, 5.74) is 2.25. The van der Waals surface area contributed by atoms with Gasteiger partial charge in [-0.2, -0.15) is 0 Å². The predicted octanol–water partition coefficient (Wildman–Crippen LogP) is 3.91. The summed E-state index contributed by atoms with van der Waals surface area (Å²) in [6, 6.07) is 20.3. The molecular weight excluding hydrogens is 256 g/mol. The Bertz CT molecular complexity index is 664. The molecule has 0 saturated carbocycles. The summed E-state index contributed by atoms with van der Waals surface area (Å²) in [5.74, 6) is 0.540. The molecule has 3 nitrogen and oxygen atoms in total. The number of nitrogens with zero attached hydrogens (tertiary/aromatic N) is 1. The largest absolute Gasteiger partial charge is 0.413 e. The Kier molecular flexibility index (Phi) is 3.25. The van der Waals surface area contributed by atoms with E-state index in [0.717, 1.165) is 11.1 Å². The maximum atomic E-state index is 5.50. The van der Waals surface area contributed by atoms with Gasteiger partial charge in [-0.05, 0) is 23.3 Å². The second-order valence-electron chi connectivity index (χ2n) is 4.21. The summed E-state index contributed by atoms with van der Waals surface area (Å²) >= 11 is 4.97. The fourth-order valence-corrected chi connectivity index (χ4v) is 2.26. The van der Waals surface area contributed by atoms with E-state index in [1.807, 2.05) is 36.4 Å². The molecule has 19 heavy (non-hydrogen) atoms. The number of nitrogens with one attached hydrogen (secondary N) is 1. The lowest BCUT2D eigenvalue weighted by Crippen LogP contribution is -2.03. The van der Waals surface area contributed by atoms with Gasteiger partial charge in [-0.3, -0.25) is 0 Å². The van der Waals surface area contributed by atoms with Crippen LogP contribution in [-0.4, -0.2) is 10.2 Å². The minimum atomic E-state index is -0.0460. The van der Waals surface area contributed by atoms with E-state index in [0.29, 0.717) is 10.7 Å². The summed E-state index contributed by atoms with van der Waals surface area (Å²) in [4.78, 5) is 0.298. The second kappa shape index (κ2) is 5.20. The van der Waals surface area contributed by atoms with E-state index in [-0.39, 0.29) is 5.92 Å². The molecule has 0 aliphatic rings. The van der Waals surface area contributed by atoms with Crippen LogP contribution in [0.25, 0.3) is 0 Å². The fraction of sp³-hybridized carbons (Fsp3) is 0.0667. The first-order valence-electron chi connectivity index (χ1n) is 6.00. The number of rotatable bonds is 3. The first-order chi connectivity index (χ1) is 9.34. The normalized spacial score (nSPS) is 10.8. The van der Waals surface area contributed by atoms with Crippen LogP contribution in [0.15, 0.2) is 65.1 Å². The average molecular weight is 268 g/mol. The van der Waals surface area contributed by atoms with Crippen LogP contribution in [0.5, 0.6) is 0 Å². The lowest BCUT2D eigenvalue weighted by atomic mass is 9.91. The van der Waals surface area contributed by atoms with Crippen molar-refractivity contribution in [2.75, 3.05) is 0 Å². The number of benzene rings is 2. The van der Waals surface area contributed by atoms with Crippen molar-refractivity contribution in [1.82, 2.24) is 10.2 Å². The molecule has 4 heteroatoms. The summed E-state index contributed by atoms with van der Waals surface area (Å²) in [5, 5.41) is 6.86. The number of hydrogen-bond donors (Lipinski definition) is 1. The molecule has 3 aromatic rings. The van der Waals surface area contributed by atoms with Gasteiger partial charge < -0.3 is 4.42 Å². The van der Waals surface area contributed by atoms with Gasteiger partial charge in [-0.15, -0.1) is 5.10 Å². The molecule has 3 rings (SSSR count). The van der Waals surface area contributed by atoms with Crippen molar-refractivity contribution in [1.29, 1.82) is 0 Å². The van der Waals surface area contributed by atoms with Crippen molar-refractivity contribution < 1.29 is 4.42 Å². The maximum absolute atomic E-state index is 5.50. The Morgan fingerprint density at radius 3 is 1.84 bits per heavy atom. The van der Waals surface area contributed by atoms with E-state index in [4.69, 9.17) is 16.6 Å². The Morgan fingerprint density at radius 1 is 0.895 bits per heavy atom. The molecule has 0 aliphatic carbocycles. The van der Waals surface area contributed by atoms with Crippen molar-refractivity contribution in [3.63, 3.8) is 0 Å². The summed E-state index contributed by atoms with van der Waals surface area (Å²) in [7, 11) is 0. The van der Waals surface area contributed by atoms with E-state index in [1.165, 1.54) is 0 Å². The highest BCUT2D eigenvalue weighted by Crippen LogP contribution is 2.30. The zero-order chi connectivity index (χ0) is 13.1. The van der Waals surface area contributed by atoms with Crippen LogP contribution < -0.4 is 0 Å². The smallest absolute Gasteiger partial charge is 0.284 e. The zero-order valence-corrected chi connectivity index (χ0v) is 10.9. The standard InChI is InChI=1S/C15H12N2OS/c19-15-17-16-14(18-15)13(11-7-3-1-4-8-11)12-9-5-2-6-10-12/h1-10,13H,(H,17,19). The van der Waals surface area contributed by atoms with Crippen LogP contribution in [0.2, 0.25) is 0 Å². The topological polar surface area (TPSA) is 41.8 Å². The SMILES string of the molecule is S=c1[nH]nc(C(c2ccccc2)c2ccccc2)o1. The van der Waals surface area contributed by atoms with E-state index in [9.17, 15) is 0 Å². The van der Waals surface area contributed by atoms with Crippen molar-refractivity contribution >= 4 is 12.2 Å². The molecule has 1 heterocycles. The quantitative estimate of drug-likeness (QED) is 0.732. The number of H-pyrrole nitrogens is 1. The molecule has 94 valence electrons. The molecule has 2 aromatic carbocycles. The lowest BCUT2D eigenvalue weighted by Gasteiger charge is -2.13. The van der Waals surface area contributed by atoms with E-state index >= 15 is 0 Å². The maximum Gasteiger partial charge on any atom is 0.284 e. The Balaban J connectivity index is 2.14. The minimum Gasteiger partial charge on any atom is -0.413 e. The molecule has 0 radical (unpaired) electrons. The van der Waals surface area contributed by atoms with Crippen LogP contribution in [-0.2, 0) is 0 Å². The summed E-state index contributed by atoms with van der Waals surface area (Å²) < 4.78 is 5.50. The van der Waals surface area contributed by atoms with Gasteiger partial charge in [0.25, 0.3) is 4.84 Å². The highest BCUT2D eigenvalue weighted by atomic mass is 32.1. The number of aromatic nitrogens is 2. The van der Waals surface area contributed by atoms with Crippen LogP contribution in [0, 0.1) is 4.84 Å². The van der Waals surface area contributed by atoms with Gasteiger partial charge in [0.2, 0.25) is 5.89 Å². The van der Waals surface area contributed by atoms with Gasteiger partial charge in [0.05, 0.1) is 5.92 Å². The molecular formula is C15H12N2OS. The zero-order valence-electron chi connectivity index (χ0n) is 10.1. The van der Waals surface area contributed by atoms with Gasteiger partial charge in [-0.1, -0.05) is 60.7 Å². The highest BCUT2D eigenvalue weighted by Gasteiger charge is 2.21. The van der Waals surface area contributed by atoms with Crippen molar-refractivity contribution in [2.45, 2.75) is 5.92 Å². The van der Waals surface area contributed by atoms with E-state index in [2.05, 4.69) is 34.5 Å².